The maximum atomic E-state index is 12.4. The number of unbranched alkanes of at least 4 members (excludes halogenated alkanes) is 1. The van der Waals surface area contributed by atoms with E-state index >= 15 is 0 Å². The number of nitrogens with zero attached hydrogens (tertiary/aromatic N) is 1. The van der Waals surface area contributed by atoms with Gasteiger partial charge in [-0.05, 0) is 54.3 Å². The van der Waals surface area contributed by atoms with Gasteiger partial charge in [0.15, 0.2) is 0 Å². The lowest BCUT2D eigenvalue weighted by Crippen LogP contribution is -2.26. The number of rotatable bonds is 10. The summed E-state index contributed by atoms with van der Waals surface area (Å²) in [5.41, 5.74) is 10.4. The van der Waals surface area contributed by atoms with Crippen LogP contribution in [0.2, 0.25) is 0 Å². The minimum atomic E-state index is -1.05. The van der Waals surface area contributed by atoms with Gasteiger partial charge in [-0.15, -0.1) is 0 Å². The Morgan fingerprint density at radius 1 is 0.838 bits per heavy atom. The molecule has 6 N–H and O–H groups in total. The second-order valence-corrected chi connectivity index (χ2v) is 8.41. The number of amides is 3. The molecule has 0 saturated carbocycles. The maximum absolute atomic E-state index is 12.4. The van der Waals surface area contributed by atoms with E-state index in [-0.39, 0.29) is 5.91 Å². The Labute approximate surface area is 213 Å². The summed E-state index contributed by atoms with van der Waals surface area (Å²) in [6, 6.07) is 22.5. The summed E-state index contributed by atoms with van der Waals surface area (Å²) in [6.45, 7) is 0.818. The minimum Gasteiger partial charge on any atom is -0.465 e. The summed E-state index contributed by atoms with van der Waals surface area (Å²) in [7, 11) is 0. The lowest BCUT2D eigenvalue weighted by molar-refractivity contribution is 0.0951. The van der Waals surface area contributed by atoms with E-state index in [4.69, 9.17) is 10.8 Å². The van der Waals surface area contributed by atoms with Crippen LogP contribution in [0.5, 0.6) is 0 Å². The predicted molar refractivity (Wildman–Crippen MR) is 143 cm³/mol. The van der Waals surface area contributed by atoms with Crippen LogP contribution in [0, 0.1) is 0 Å². The SMILES string of the molecule is NC(=O)c1cnc2cc(-c3ccc(C(=O)NCCCCNC(=O)O)cc3)ccc2c1Nc1ccccc1. The van der Waals surface area contributed by atoms with Gasteiger partial charge >= 0.3 is 6.09 Å². The summed E-state index contributed by atoms with van der Waals surface area (Å²) in [5, 5.41) is 17.8. The van der Waals surface area contributed by atoms with Crippen LogP contribution in [0.25, 0.3) is 22.0 Å². The van der Waals surface area contributed by atoms with Crippen molar-refractivity contribution in [2.75, 3.05) is 18.4 Å². The number of nitrogens with two attached hydrogens (primary N) is 1. The zero-order chi connectivity index (χ0) is 26.2. The molecule has 37 heavy (non-hydrogen) atoms. The van der Waals surface area contributed by atoms with Gasteiger partial charge in [-0.2, -0.15) is 0 Å². The van der Waals surface area contributed by atoms with E-state index in [9.17, 15) is 14.4 Å². The first kappa shape index (κ1) is 25.2. The van der Waals surface area contributed by atoms with Crippen molar-refractivity contribution in [1.82, 2.24) is 15.6 Å². The Morgan fingerprint density at radius 2 is 1.51 bits per heavy atom. The van der Waals surface area contributed by atoms with Crippen LogP contribution in [0.3, 0.4) is 0 Å². The molecular formula is C28H27N5O4. The van der Waals surface area contributed by atoms with Gasteiger partial charge in [0.25, 0.3) is 11.8 Å². The van der Waals surface area contributed by atoms with Crippen LogP contribution < -0.4 is 21.7 Å². The summed E-state index contributed by atoms with van der Waals surface area (Å²) >= 11 is 0. The Morgan fingerprint density at radius 3 is 2.19 bits per heavy atom. The highest BCUT2D eigenvalue weighted by atomic mass is 16.4. The van der Waals surface area contributed by atoms with Crippen LogP contribution >= 0.6 is 0 Å². The van der Waals surface area contributed by atoms with Gasteiger partial charge in [0, 0.05) is 35.9 Å². The number of anilines is 2. The van der Waals surface area contributed by atoms with Crippen molar-refractivity contribution in [3.05, 3.63) is 90.1 Å². The number of primary amides is 1. The number of carboxylic acid groups (broad SMARTS) is 1. The molecule has 0 bridgehead atoms. The summed E-state index contributed by atoms with van der Waals surface area (Å²) < 4.78 is 0. The molecule has 0 atom stereocenters. The standard InChI is InChI=1S/C28H27N5O4/c29-26(34)23-17-32-24-16-20(12-13-22(24)25(23)33-21-6-2-1-3-7-21)18-8-10-19(11-9-18)27(35)30-14-4-5-15-31-28(36)37/h1-3,6-13,16-17,31H,4-5,14-15H2,(H2,29,34)(H,30,35)(H,32,33)(H,36,37). The van der Waals surface area contributed by atoms with E-state index in [1.807, 2.05) is 60.7 Å². The third-order valence-electron chi connectivity index (χ3n) is 5.82. The van der Waals surface area contributed by atoms with E-state index < -0.39 is 12.0 Å². The lowest BCUT2D eigenvalue weighted by atomic mass is 10.0. The lowest BCUT2D eigenvalue weighted by Gasteiger charge is -2.14. The number of aromatic nitrogens is 1. The molecule has 4 aromatic rings. The minimum absolute atomic E-state index is 0.187. The van der Waals surface area contributed by atoms with Gasteiger partial charge in [0.1, 0.15) is 0 Å². The molecular weight excluding hydrogens is 470 g/mol. The molecule has 4 rings (SSSR count). The molecule has 9 nitrogen and oxygen atoms in total. The molecule has 1 heterocycles. The van der Waals surface area contributed by atoms with Crippen molar-refractivity contribution in [3.8, 4) is 11.1 Å². The molecule has 0 aliphatic rings. The van der Waals surface area contributed by atoms with E-state index in [1.165, 1.54) is 6.20 Å². The first-order valence-electron chi connectivity index (χ1n) is 11.8. The molecule has 3 aromatic carbocycles. The molecule has 9 heteroatoms. The number of benzene rings is 3. The highest BCUT2D eigenvalue weighted by Gasteiger charge is 2.14. The Kier molecular flexibility index (Phi) is 7.95. The third kappa shape index (κ3) is 6.40. The molecule has 3 amide bonds. The van der Waals surface area contributed by atoms with Gasteiger partial charge in [-0.3, -0.25) is 14.6 Å². The van der Waals surface area contributed by atoms with Crippen LogP contribution in [-0.2, 0) is 0 Å². The topological polar surface area (TPSA) is 146 Å². The van der Waals surface area contributed by atoms with Gasteiger partial charge in [-0.25, -0.2) is 4.79 Å². The normalized spacial score (nSPS) is 10.6. The first-order chi connectivity index (χ1) is 17.9. The Balaban J connectivity index is 1.49. The van der Waals surface area contributed by atoms with Crippen LogP contribution in [0.15, 0.2) is 79.0 Å². The fourth-order valence-corrected chi connectivity index (χ4v) is 3.92. The molecule has 1 aromatic heterocycles. The third-order valence-corrected chi connectivity index (χ3v) is 5.82. The average molecular weight is 498 g/mol. The summed E-state index contributed by atoms with van der Waals surface area (Å²) in [4.78, 5) is 39.4. The van der Waals surface area contributed by atoms with E-state index in [2.05, 4.69) is 20.9 Å². The molecule has 0 radical (unpaired) electrons. The molecule has 0 aliphatic carbocycles. The largest absolute Gasteiger partial charge is 0.465 e. The summed E-state index contributed by atoms with van der Waals surface area (Å²) in [5.74, 6) is -0.753. The fourth-order valence-electron chi connectivity index (χ4n) is 3.92. The maximum Gasteiger partial charge on any atom is 0.404 e. The average Bonchev–Trinajstić information content (AvgIpc) is 2.90. The zero-order valence-corrected chi connectivity index (χ0v) is 20.0. The number of hydrogen-bond donors (Lipinski definition) is 5. The molecule has 0 spiro atoms. The fraction of sp³-hybridized carbons (Fsp3) is 0.143. The van der Waals surface area contributed by atoms with Crippen molar-refractivity contribution < 1.29 is 19.5 Å². The van der Waals surface area contributed by atoms with Crippen molar-refractivity contribution in [1.29, 1.82) is 0 Å². The molecule has 0 aliphatic heterocycles. The van der Waals surface area contributed by atoms with Crippen molar-refractivity contribution in [2.45, 2.75) is 12.8 Å². The highest BCUT2D eigenvalue weighted by molar-refractivity contribution is 6.08. The molecule has 0 saturated heterocycles. The molecule has 0 unspecified atom stereocenters. The Bertz CT molecular complexity index is 1420. The number of pyridine rings is 1. The first-order valence-corrected chi connectivity index (χ1v) is 11.8. The second kappa shape index (κ2) is 11.7. The smallest absolute Gasteiger partial charge is 0.404 e. The number of carbonyl (C=O) groups is 3. The van der Waals surface area contributed by atoms with Crippen molar-refractivity contribution in [2.24, 2.45) is 5.73 Å². The van der Waals surface area contributed by atoms with Crippen LogP contribution in [-0.4, -0.2) is 41.1 Å². The van der Waals surface area contributed by atoms with Crippen LogP contribution in [0.1, 0.15) is 33.6 Å². The van der Waals surface area contributed by atoms with Crippen LogP contribution in [0.4, 0.5) is 16.2 Å². The monoisotopic (exact) mass is 497 g/mol. The van der Waals surface area contributed by atoms with E-state index in [0.29, 0.717) is 48.3 Å². The number of fused-ring (bicyclic) bond motifs is 1. The second-order valence-electron chi connectivity index (χ2n) is 8.41. The van der Waals surface area contributed by atoms with Crippen molar-refractivity contribution in [3.63, 3.8) is 0 Å². The van der Waals surface area contributed by atoms with Gasteiger partial charge in [0.05, 0.1) is 16.8 Å². The quantitative estimate of drug-likeness (QED) is 0.204. The predicted octanol–water partition coefficient (Wildman–Crippen LogP) is 4.52. The number of carbonyl (C=O) groups excluding carboxylic acids is 2. The number of nitrogens with one attached hydrogen (secondary N) is 3. The Hall–Kier alpha value is -4.92. The zero-order valence-electron chi connectivity index (χ0n) is 20.0. The van der Waals surface area contributed by atoms with Gasteiger partial charge < -0.3 is 26.8 Å². The van der Waals surface area contributed by atoms with Crippen molar-refractivity contribution >= 4 is 40.2 Å². The van der Waals surface area contributed by atoms with Gasteiger partial charge in [0.2, 0.25) is 0 Å². The van der Waals surface area contributed by atoms with E-state index in [0.717, 1.165) is 22.2 Å². The molecule has 0 fully saturated rings. The number of hydrogen-bond acceptors (Lipinski definition) is 5. The highest BCUT2D eigenvalue weighted by Crippen LogP contribution is 2.32. The summed E-state index contributed by atoms with van der Waals surface area (Å²) in [6.07, 6.45) is 1.74. The number of para-hydroxylation sites is 1. The van der Waals surface area contributed by atoms with Gasteiger partial charge in [-0.1, -0.05) is 42.5 Å². The van der Waals surface area contributed by atoms with E-state index in [1.54, 1.807) is 12.1 Å². The molecule has 188 valence electrons.